The number of carboxylic acids is 1. The molecule has 0 aliphatic heterocycles. The third-order valence-corrected chi connectivity index (χ3v) is 3.43. The Morgan fingerprint density at radius 2 is 1.96 bits per heavy atom. The summed E-state index contributed by atoms with van der Waals surface area (Å²) >= 11 is 5.15. The second-order valence-electron chi connectivity index (χ2n) is 4.29. The molecule has 0 atom stereocenters. The zero-order chi connectivity index (χ0) is 17.6. The minimum atomic E-state index is -1.36. The summed E-state index contributed by atoms with van der Waals surface area (Å²) < 4.78 is 2.96. The summed E-state index contributed by atoms with van der Waals surface area (Å²) in [5.41, 5.74) is 1.61. The maximum Gasteiger partial charge on any atom is 0.346 e. The van der Waals surface area contributed by atoms with Gasteiger partial charge in [0.05, 0.1) is 0 Å². The minimum Gasteiger partial charge on any atom is -0.494 e. The molecule has 0 radical (unpaired) electrons. The topological polar surface area (TPSA) is 108 Å². The molecule has 0 aromatic carbocycles. The molecule has 8 heteroatoms. The fraction of sp³-hybridized carbons (Fsp3) is 0.267. The second kappa shape index (κ2) is 7.94. The van der Waals surface area contributed by atoms with E-state index in [-0.39, 0.29) is 16.2 Å². The Labute approximate surface area is 137 Å². The number of nitrogens with zero attached hydrogens (tertiary/aromatic N) is 3. The van der Waals surface area contributed by atoms with Crippen molar-refractivity contribution in [3.63, 3.8) is 0 Å². The standard InChI is InChI=1S/C15H15N3O4S/c1-3-17-12(19)11(13(20)18(4-2)15(17)23)8-6-5-7-10(9-16)14(21)22/h5,7-8,19H,3-4H2,1-2H3,(H,21,22). The van der Waals surface area contributed by atoms with E-state index in [1.165, 1.54) is 27.4 Å². The molecule has 120 valence electrons. The number of aromatic nitrogens is 2. The van der Waals surface area contributed by atoms with Crippen LogP contribution in [0.2, 0.25) is 0 Å². The van der Waals surface area contributed by atoms with Crippen molar-refractivity contribution in [2.45, 2.75) is 26.9 Å². The number of hydrogen-bond donors (Lipinski definition) is 2. The highest BCUT2D eigenvalue weighted by molar-refractivity contribution is 7.71. The molecule has 1 heterocycles. The first-order chi connectivity index (χ1) is 10.9. The molecule has 0 saturated heterocycles. The number of hydrogen-bond acceptors (Lipinski definition) is 5. The molecule has 0 fully saturated rings. The third kappa shape index (κ3) is 3.86. The highest BCUT2D eigenvalue weighted by Gasteiger charge is 2.12. The summed E-state index contributed by atoms with van der Waals surface area (Å²) in [6, 6.07) is 1.51. The summed E-state index contributed by atoms with van der Waals surface area (Å²) in [6.07, 6.45) is 3.45. The van der Waals surface area contributed by atoms with Gasteiger partial charge in [0.2, 0.25) is 5.88 Å². The largest absolute Gasteiger partial charge is 0.494 e. The monoisotopic (exact) mass is 333 g/mol. The average Bonchev–Trinajstić information content (AvgIpc) is 2.50. The van der Waals surface area contributed by atoms with E-state index in [1.54, 1.807) is 13.8 Å². The van der Waals surface area contributed by atoms with Crippen LogP contribution in [0.5, 0.6) is 5.88 Å². The lowest BCUT2D eigenvalue weighted by atomic mass is 10.2. The maximum absolute atomic E-state index is 12.3. The van der Waals surface area contributed by atoms with Crippen LogP contribution < -0.4 is 5.56 Å². The summed E-state index contributed by atoms with van der Waals surface area (Å²) in [6.45, 7) is 4.26. The zero-order valence-corrected chi connectivity index (χ0v) is 13.4. The van der Waals surface area contributed by atoms with Gasteiger partial charge < -0.3 is 10.2 Å². The molecule has 1 aromatic rings. The number of aromatic hydroxyl groups is 1. The molecule has 2 N–H and O–H groups in total. The molecule has 0 unspecified atom stereocenters. The zero-order valence-electron chi connectivity index (χ0n) is 12.6. The molecular weight excluding hydrogens is 318 g/mol. The second-order valence-corrected chi connectivity index (χ2v) is 4.65. The smallest absolute Gasteiger partial charge is 0.346 e. The Balaban J connectivity index is 3.49. The highest BCUT2D eigenvalue weighted by atomic mass is 32.1. The molecule has 0 amide bonds. The van der Waals surface area contributed by atoms with Gasteiger partial charge in [-0.3, -0.25) is 13.9 Å². The molecule has 0 aliphatic carbocycles. The van der Waals surface area contributed by atoms with E-state index in [1.807, 2.05) is 0 Å². The molecule has 0 spiro atoms. The van der Waals surface area contributed by atoms with Gasteiger partial charge >= 0.3 is 5.97 Å². The normalized spacial score (nSPS) is 10.6. The average molecular weight is 333 g/mol. The first-order valence-corrected chi connectivity index (χ1v) is 7.12. The van der Waals surface area contributed by atoms with Crippen LogP contribution in [0.25, 0.3) is 6.08 Å². The van der Waals surface area contributed by atoms with Crippen molar-refractivity contribution >= 4 is 24.3 Å². The van der Waals surface area contributed by atoms with Gasteiger partial charge in [0.25, 0.3) is 5.56 Å². The summed E-state index contributed by atoms with van der Waals surface area (Å²) in [5, 5.41) is 27.4. The van der Waals surface area contributed by atoms with Crippen molar-refractivity contribution in [1.82, 2.24) is 9.13 Å². The third-order valence-electron chi connectivity index (χ3n) is 2.99. The van der Waals surface area contributed by atoms with Crippen molar-refractivity contribution in [1.29, 1.82) is 5.26 Å². The van der Waals surface area contributed by atoms with E-state index in [0.29, 0.717) is 13.1 Å². The summed E-state index contributed by atoms with van der Waals surface area (Å²) in [4.78, 5) is 22.9. The Kier molecular flexibility index (Phi) is 6.27. The van der Waals surface area contributed by atoms with Crippen LogP contribution in [0, 0.1) is 16.1 Å². The van der Waals surface area contributed by atoms with Crippen molar-refractivity contribution < 1.29 is 15.0 Å². The molecule has 0 bridgehead atoms. The van der Waals surface area contributed by atoms with Gasteiger partial charge in [0.15, 0.2) is 4.77 Å². The van der Waals surface area contributed by atoms with Crippen LogP contribution in [-0.2, 0) is 17.9 Å². The van der Waals surface area contributed by atoms with Crippen LogP contribution in [0.15, 0.2) is 28.3 Å². The Bertz CT molecular complexity index is 878. The van der Waals surface area contributed by atoms with Gasteiger partial charge in [0.1, 0.15) is 17.2 Å². The van der Waals surface area contributed by atoms with E-state index in [0.717, 1.165) is 6.08 Å². The minimum absolute atomic E-state index is 0.0132. The fourth-order valence-electron chi connectivity index (χ4n) is 1.82. The van der Waals surface area contributed by atoms with E-state index in [4.69, 9.17) is 22.6 Å². The van der Waals surface area contributed by atoms with Gasteiger partial charge in [-0.25, -0.2) is 4.79 Å². The number of rotatable bonds is 5. The van der Waals surface area contributed by atoms with Gasteiger partial charge in [-0.2, -0.15) is 5.26 Å². The molecule has 0 saturated carbocycles. The van der Waals surface area contributed by atoms with Gasteiger partial charge in [-0.05, 0) is 44.3 Å². The SMILES string of the molecule is CCn1c(O)c(C=C=CC=C(C#N)C(=O)O)c(=O)n(CC)c1=S. The molecule has 1 aromatic heterocycles. The number of allylic oxidation sites excluding steroid dienone is 2. The summed E-state index contributed by atoms with van der Waals surface area (Å²) in [5.74, 6) is -1.64. The Hall–Kier alpha value is -2.88. The predicted octanol–water partition coefficient (Wildman–Crippen LogP) is 1.83. The lowest BCUT2D eigenvalue weighted by Crippen LogP contribution is -2.26. The highest BCUT2D eigenvalue weighted by Crippen LogP contribution is 2.15. The van der Waals surface area contributed by atoms with E-state index < -0.39 is 17.1 Å². The van der Waals surface area contributed by atoms with Crippen molar-refractivity contribution in [3.05, 3.63) is 44.1 Å². The maximum atomic E-state index is 12.3. The van der Waals surface area contributed by atoms with E-state index in [2.05, 4.69) is 5.73 Å². The molecule has 1 rings (SSSR count). The van der Waals surface area contributed by atoms with Gasteiger partial charge in [-0.15, -0.1) is 5.73 Å². The van der Waals surface area contributed by atoms with Crippen molar-refractivity contribution in [3.8, 4) is 11.9 Å². The van der Waals surface area contributed by atoms with Crippen molar-refractivity contribution in [2.24, 2.45) is 0 Å². The first kappa shape index (κ1) is 18.2. The van der Waals surface area contributed by atoms with Crippen LogP contribution in [0.3, 0.4) is 0 Å². The predicted molar refractivity (Wildman–Crippen MR) is 86.4 cm³/mol. The van der Waals surface area contributed by atoms with Crippen molar-refractivity contribution in [2.75, 3.05) is 0 Å². The van der Waals surface area contributed by atoms with Crippen LogP contribution >= 0.6 is 12.2 Å². The lowest BCUT2D eigenvalue weighted by Gasteiger charge is -2.13. The number of carboxylic acid groups (broad SMARTS) is 1. The van der Waals surface area contributed by atoms with E-state index in [9.17, 15) is 14.7 Å². The Morgan fingerprint density at radius 3 is 2.43 bits per heavy atom. The molecule has 0 aliphatic rings. The Morgan fingerprint density at radius 1 is 1.35 bits per heavy atom. The summed E-state index contributed by atoms with van der Waals surface area (Å²) in [7, 11) is 0. The van der Waals surface area contributed by atoms with Crippen LogP contribution in [0.1, 0.15) is 19.4 Å². The lowest BCUT2D eigenvalue weighted by molar-refractivity contribution is -0.132. The molecule has 7 nitrogen and oxygen atoms in total. The molecule has 23 heavy (non-hydrogen) atoms. The quantitative estimate of drug-likeness (QED) is 0.280. The van der Waals surface area contributed by atoms with Gasteiger partial charge in [0, 0.05) is 13.1 Å². The van der Waals surface area contributed by atoms with Crippen LogP contribution in [-0.4, -0.2) is 25.3 Å². The number of aliphatic carboxylic acids is 1. The van der Waals surface area contributed by atoms with Gasteiger partial charge in [-0.1, -0.05) is 0 Å². The fourth-order valence-corrected chi connectivity index (χ4v) is 2.25. The van der Waals surface area contributed by atoms with Crippen LogP contribution in [0.4, 0.5) is 0 Å². The molecular formula is C15H15N3O4S. The number of nitriles is 1. The first-order valence-electron chi connectivity index (χ1n) is 6.71. The number of carbonyl (C=O) groups is 1. The van der Waals surface area contributed by atoms with E-state index >= 15 is 0 Å².